The molecule has 0 aromatic heterocycles. The first-order valence-electron chi connectivity index (χ1n) is 7.24. The van der Waals surface area contributed by atoms with Gasteiger partial charge in [-0.1, -0.05) is 26.0 Å². The lowest BCUT2D eigenvalue weighted by Gasteiger charge is -2.43. The number of hydrogen-bond acceptors (Lipinski definition) is 2. The average molecular weight is 264 g/mol. The molecule has 0 amide bonds. The predicted octanol–water partition coefficient (Wildman–Crippen LogP) is 3.03. The molecule has 3 heteroatoms. The fourth-order valence-electron chi connectivity index (χ4n) is 2.75. The van der Waals surface area contributed by atoms with Crippen molar-refractivity contribution in [2.24, 2.45) is 5.92 Å². The number of benzene rings is 1. The van der Waals surface area contributed by atoms with Crippen LogP contribution >= 0.6 is 0 Å². The maximum atomic E-state index is 12.9. The van der Waals surface area contributed by atoms with Gasteiger partial charge in [0.05, 0.1) is 0 Å². The first-order chi connectivity index (χ1) is 9.06. The van der Waals surface area contributed by atoms with Crippen LogP contribution in [0.1, 0.15) is 32.3 Å². The fraction of sp³-hybridized carbons (Fsp3) is 0.625. The summed E-state index contributed by atoms with van der Waals surface area (Å²) in [6, 6.07) is 8.07. The standard InChI is InChI=1S/C16H25FN2/c1-12(2)18-10-14-6-9-16(14)19(3)11-13-4-7-15(17)8-5-13/h4-5,7-8,12,14,16,18H,6,9-11H2,1-3H3. The molecule has 0 spiro atoms. The Labute approximate surface area is 116 Å². The smallest absolute Gasteiger partial charge is 0.123 e. The van der Waals surface area contributed by atoms with Crippen molar-refractivity contribution < 1.29 is 4.39 Å². The lowest BCUT2D eigenvalue weighted by Crippen LogP contribution is -2.49. The van der Waals surface area contributed by atoms with Crippen LogP contribution in [0.4, 0.5) is 4.39 Å². The van der Waals surface area contributed by atoms with Crippen LogP contribution in [-0.4, -0.2) is 30.6 Å². The van der Waals surface area contributed by atoms with Gasteiger partial charge in [0.25, 0.3) is 0 Å². The van der Waals surface area contributed by atoms with Gasteiger partial charge in [0.15, 0.2) is 0 Å². The van der Waals surface area contributed by atoms with Crippen molar-refractivity contribution in [2.45, 2.75) is 45.3 Å². The van der Waals surface area contributed by atoms with Crippen LogP contribution < -0.4 is 5.32 Å². The highest BCUT2D eigenvalue weighted by Gasteiger charge is 2.33. The third-order valence-electron chi connectivity index (χ3n) is 4.08. The highest BCUT2D eigenvalue weighted by molar-refractivity contribution is 5.16. The van der Waals surface area contributed by atoms with Gasteiger partial charge < -0.3 is 5.32 Å². The minimum absolute atomic E-state index is 0.158. The molecule has 1 fully saturated rings. The van der Waals surface area contributed by atoms with Crippen LogP contribution in [0.15, 0.2) is 24.3 Å². The summed E-state index contributed by atoms with van der Waals surface area (Å²) in [7, 11) is 2.18. The zero-order valence-electron chi connectivity index (χ0n) is 12.2. The molecule has 2 rings (SSSR count). The van der Waals surface area contributed by atoms with Gasteiger partial charge >= 0.3 is 0 Å². The molecule has 106 valence electrons. The molecule has 0 bridgehead atoms. The Morgan fingerprint density at radius 3 is 2.47 bits per heavy atom. The van der Waals surface area contributed by atoms with Crippen molar-refractivity contribution in [2.75, 3.05) is 13.6 Å². The summed E-state index contributed by atoms with van der Waals surface area (Å²) in [5.74, 6) is 0.599. The van der Waals surface area contributed by atoms with Crippen molar-refractivity contribution in [3.63, 3.8) is 0 Å². The zero-order valence-corrected chi connectivity index (χ0v) is 12.2. The largest absolute Gasteiger partial charge is 0.314 e. The topological polar surface area (TPSA) is 15.3 Å². The SMILES string of the molecule is CC(C)NCC1CCC1N(C)Cc1ccc(F)cc1. The number of nitrogens with one attached hydrogen (secondary N) is 1. The van der Waals surface area contributed by atoms with Crippen LogP contribution in [0.25, 0.3) is 0 Å². The molecular formula is C16H25FN2. The van der Waals surface area contributed by atoms with Crippen molar-refractivity contribution in [3.05, 3.63) is 35.6 Å². The van der Waals surface area contributed by atoms with Crippen molar-refractivity contribution in [3.8, 4) is 0 Å². The Kier molecular flexibility index (Phi) is 4.94. The summed E-state index contributed by atoms with van der Waals surface area (Å²) in [5.41, 5.74) is 1.19. The van der Waals surface area contributed by atoms with Gasteiger partial charge in [-0.15, -0.1) is 0 Å². The minimum atomic E-state index is -0.158. The molecule has 0 radical (unpaired) electrons. The third kappa shape index (κ3) is 4.02. The van der Waals surface area contributed by atoms with E-state index in [-0.39, 0.29) is 5.82 Å². The summed E-state index contributed by atoms with van der Waals surface area (Å²) in [4.78, 5) is 2.41. The van der Waals surface area contributed by atoms with Crippen LogP contribution in [0.5, 0.6) is 0 Å². The molecule has 1 aliphatic rings. The van der Waals surface area contributed by atoms with Gasteiger partial charge in [-0.25, -0.2) is 4.39 Å². The molecule has 0 heterocycles. The fourth-order valence-corrected chi connectivity index (χ4v) is 2.75. The molecule has 2 nitrogen and oxygen atoms in total. The maximum absolute atomic E-state index is 12.9. The lowest BCUT2D eigenvalue weighted by atomic mass is 9.78. The second-order valence-electron chi connectivity index (χ2n) is 6.01. The van der Waals surface area contributed by atoms with E-state index < -0.39 is 0 Å². The second kappa shape index (κ2) is 6.49. The van der Waals surface area contributed by atoms with Crippen molar-refractivity contribution in [1.29, 1.82) is 0 Å². The van der Waals surface area contributed by atoms with E-state index in [9.17, 15) is 4.39 Å². The van der Waals surface area contributed by atoms with Gasteiger partial charge in [-0.2, -0.15) is 0 Å². The Morgan fingerprint density at radius 1 is 1.26 bits per heavy atom. The van der Waals surface area contributed by atoms with E-state index >= 15 is 0 Å². The molecule has 0 saturated heterocycles. The zero-order chi connectivity index (χ0) is 13.8. The molecule has 1 aromatic rings. The summed E-state index contributed by atoms with van der Waals surface area (Å²) in [6.45, 7) is 6.39. The van der Waals surface area contributed by atoms with E-state index in [1.807, 2.05) is 12.1 Å². The Hall–Kier alpha value is -0.930. The summed E-state index contributed by atoms with van der Waals surface area (Å²) < 4.78 is 12.9. The number of rotatable bonds is 6. The highest BCUT2D eigenvalue weighted by atomic mass is 19.1. The van der Waals surface area contributed by atoms with Crippen LogP contribution in [0.3, 0.4) is 0 Å². The first-order valence-corrected chi connectivity index (χ1v) is 7.24. The Balaban J connectivity index is 1.82. The minimum Gasteiger partial charge on any atom is -0.314 e. The molecule has 1 N–H and O–H groups in total. The van der Waals surface area contributed by atoms with Crippen LogP contribution in [0.2, 0.25) is 0 Å². The lowest BCUT2D eigenvalue weighted by molar-refractivity contribution is 0.0768. The van der Waals surface area contributed by atoms with Crippen molar-refractivity contribution >= 4 is 0 Å². The average Bonchev–Trinajstić information content (AvgIpc) is 2.30. The Bertz CT molecular complexity index is 388. The van der Waals surface area contributed by atoms with E-state index in [1.54, 1.807) is 12.1 Å². The molecule has 19 heavy (non-hydrogen) atoms. The Morgan fingerprint density at radius 2 is 1.95 bits per heavy atom. The van der Waals surface area contributed by atoms with Gasteiger partial charge in [0.2, 0.25) is 0 Å². The maximum Gasteiger partial charge on any atom is 0.123 e. The molecule has 1 aliphatic carbocycles. The number of halogens is 1. The summed E-state index contributed by atoms with van der Waals surface area (Å²) >= 11 is 0. The van der Waals surface area contributed by atoms with Crippen LogP contribution in [-0.2, 0) is 6.54 Å². The van der Waals surface area contributed by atoms with Gasteiger partial charge in [0, 0.05) is 18.6 Å². The molecule has 1 saturated carbocycles. The van der Waals surface area contributed by atoms with Gasteiger partial charge in [-0.05, 0) is 50.0 Å². The highest BCUT2D eigenvalue weighted by Crippen LogP contribution is 2.31. The normalized spacial score (nSPS) is 22.8. The van der Waals surface area contributed by atoms with E-state index in [0.29, 0.717) is 12.1 Å². The molecule has 0 aliphatic heterocycles. The van der Waals surface area contributed by atoms with Crippen molar-refractivity contribution in [1.82, 2.24) is 10.2 Å². The summed E-state index contributed by atoms with van der Waals surface area (Å²) in [5, 5.41) is 3.53. The number of hydrogen-bond donors (Lipinski definition) is 1. The molecule has 2 unspecified atom stereocenters. The third-order valence-corrected chi connectivity index (χ3v) is 4.08. The van der Waals surface area contributed by atoms with E-state index in [4.69, 9.17) is 0 Å². The monoisotopic (exact) mass is 264 g/mol. The first kappa shape index (κ1) is 14.5. The van der Waals surface area contributed by atoms with E-state index in [0.717, 1.165) is 19.0 Å². The van der Waals surface area contributed by atoms with Gasteiger partial charge in [0.1, 0.15) is 5.82 Å². The van der Waals surface area contributed by atoms with Crippen LogP contribution in [0, 0.1) is 11.7 Å². The molecule has 1 aromatic carbocycles. The van der Waals surface area contributed by atoms with E-state index in [2.05, 4.69) is 31.1 Å². The quantitative estimate of drug-likeness (QED) is 0.849. The second-order valence-corrected chi connectivity index (χ2v) is 6.01. The molecular weight excluding hydrogens is 239 g/mol. The summed E-state index contributed by atoms with van der Waals surface area (Å²) in [6.07, 6.45) is 2.60. The number of nitrogens with zero attached hydrogens (tertiary/aromatic N) is 1. The van der Waals surface area contributed by atoms with E-state index in [1.165, 1.54) is 18.4 Å². The predicted molar refractivity (Wildman–Crippen MR) is 77.5 cm³/mol. The van der Waals surface area contributed by atoms with Gasteiger partial charge in [-0.3, -0.25) is 4.90 Å². The molecule has 2 atom stereocenters.